The first kappa shape index (κ1) is 18.7. The smallest absolute Gasteiger partial charge is 0.262 e. The summed E-state index contributed by atoms with van der Waals surface area (Å²) in [6.07, 6.45) is 7.34. The van der Waals surface area contributed by atoms with Crippen LogP contribution in [0, 0.1) is 11.3 Å². The number of rotatable bonds is 3. The number of hydrogen-bond donors (Lipinski definition) is 0. The second kappa shape index (κ2) is 7.04. The molecule has 146 valence electrons. The van der Waals surface area contributed by atoms with Crippen molar-refractivity contribution in [3.8, 4) is 0 Å². The molecule has 1 atom stereocenters. The van der Waals surface area contributed by atoms with E-state index in [1.54, 1.807) is 22.2 Å². The zero-order valence-electron chi connectivity index (χ0n) is 16.6. The lowest BCUT2D eigenvalue weighted by atomic mass is 9.72. The normalized spacial score (nSPS) is 20.3. The molecule has 0 aromatic carbocycles. The topological polar surface area (TPSA) is 55.2 Å². The van der Waals surface area contributed by atoms with Crippen LogP contribution in [-0.4, -0.2) is 33.4 Å². The van der Waals surface area contributed by atoms with E-state index in [0.29, 0.717) is 18.9 Å². The summed E-state index contributed by atoms with van der Waals surface area (Å²) in [6, 6.07) is 0. The van der Waals surface area contributed by atoms with Gasteiger partial charge in [0.1, 0.15) is 4.83 Å². The van der Waals surface area contributed by atoms with Crippen LogP contribution in [0.15, 0.2) is 11.1 Å². The Labute approximate surface area is 164 Å². The lowest BCUT2D eigenvalue weighted by Crippen LogP contribution is -2.30. The van der Waals surface area contributed by atoms with Gasteiger partial charge < -0.3 is 4.90 Å². The molecule has 0 saturated carbocycles. The number of aromatic nitrogens is 2. The standard InChI is InChI=1S/C21H29N3O2S/c1-21(2,3)14-6-7-15-16(12-14)27-19-18(15)20(26)24(13-22-19)11-8-17(25)23-9-4-5-10-23/h13-14H,4-12H2,1-3H3. The Bertz CT molecular complexity index is 916. The van der Waals surface area contributed by atoms with E-state index in [1.165, 1.54) is 10.4 Å². The van der Waals surface area contributed by atoms with E-state index in [4.69, 9.17) is 0 Å². The molecule has 1 amide bonds. The Morgan fingerprint density at radius 3 is 2.74 bits per heavy atom. The van der Waals surface area contributed by atoms with E-state index in [1.807, 2.05) is 4.90 Å². The molecule has 0 radical (unpaired) electrons. The van der Waals surface area contributed by atoms with E-state index in [2.05, 4.69) is 25.8 Å². The van der Waals surface area contributed by atoms with Gasteiger partial charge in [0.05, 0.1) is 11.7 Å². The number of carbonyl (C=O) groups is 1. The van der Waals surface area contributed by atoms with Crippen molar-refractivity contribution in [2.45, 2.75) is 65.8 Å². The Morgan fingerprint density at radius 2 is 2.04 bits per heavy atom. The maximum Gasteiger partial charge on any atom is 0.262 e. The van der Waals surface area contributed by atoms with Crippen LogP contribution in [0.5, 0.6) is 0 Å². The Balaban J connectivity index is 1.57. The van der Waals surface area contributed by atoms with Gasteiger partial charge in [0.15, 0.2) is 0 Å². The fourth-order valence-electron chi connectivity index (χ4n) is 4.44. The van der Waals surface area contributed by atoms with Gasteiger partial charge in [-0.05, 0) is 49.0 Å². The van der Waals surface area contributed by atoms with E-state index >= 15 is 0 Å². The summed E-state index contributed by atoms with van der Waals surface area (Å²) in [6.45, 7) is 9.05. The highest BCUT2D eigenvalue weighted by atomic mass is 32.1. The predicted molar refractivity (Wildman–Crippen MR) is 109 cm³/mol. The number of thiophene rings is 1. The maximum atomic E-state index is 13.1. The van der Waals surface area contributed by atoms with Gasteiger partial charge in [0, 0.05) is 30.9 Å². The van der Waals surface area contributed by atoms with Crippen LogP contribution < -0.4 is 5.56 Å². The first-order chi connectivity index (χ1) is 12.8. The first-order valence-electron chi connectivity index (χ1n) is 10.1. The molecule has 6 heteroatoms. The van der Waals surface area contributed by atoms with Crippen LogP contribution in [0.25, 0.3) is 10.2 Å². The molecule has 2 aromatic rings. The predicted octanol–water partition coefficient (Wildman–Crippen LogP) is 3.62. The van der Waals surface area contributed by atoms with Crippen molar-refractivity contribution in [1.82, 2.24) is 14.5 Å². The van der Waals surface area contributed by atoms with Crippen molar-refractivity contribution in [2.75, 3.05) is 13.1 Å². The molecule has 1 aliphatic heterocycles. The minimum Gasteiger partial charge on any atom is -0.343 e. The molecule has 1 unspecified atom stereocenters. The highest BCUT2D eigenvalue weighted by Gasteiger charge is 2.31. The zero-order valence-corrected chi connectivity index (χ0v) is 17.4. The molecule has 2 aromatic heterocycles. The molecule has 27 heavy (non-hydrogen) atoms. The van der Waals surface area contributed by atoms with Crippen LogP contribution in [0.3, 0.4) is 0 Å². The molecule has 0 N–H and O–H groups in total. The fourth-order valence-corrected chi connectivity index (χ4v) is 5.70. The highest BCUT2D eigenvalue weighted by molar-refractivity contribution is 7.18. The molecule has 2 aliphatic rings. The van der Waals surface area contributed by atoms with Crippen molar-refractivity contribution in [2.24, 2.45) is 11.3 Å². The third kappa shape index (κ3) is 3.56. The van der Waals surface area contributed by atoms with E-state index in [0.717, 1.165) is 55.4 Å². The number of likely N-dealkylation sites (tertiary alicyclic amines) is 1. The second-order valence-electron chi connectivity index (χ2n) is 9.07. The zero-order chi connectivity index (χ0) is 19.2. The number of hydrogen-bond acceptors (Lipinski definition) is 4. The van der Waals surface area contributed by atoms with Crippen molar-refractivity contribution in [1.29, 1.82) is 0 Å². The molecule has 4 rings (SSSR count). The summed E-state index contributed by atoms with van der Waals surface area (Å²) in [4.78, 5) is 34.1. The molecule has 0 bridgehead atoms. The average molecular weight is 388 g/mol. The summed E-state index contributed by atoms with van der Waals surface area (Å²) < 4.78 is 1.64. The van der Waals surface area contributed by atoms with Gasteiger partial charge in [-0.2, -0.15) is 0 Å². The van der Waals surface area contributed by atoms with Gasteiger partial charge in [0.25, 0.3) is 5.56 Å². The van der Waals surface area contributed by atoms with Crippen LogP contribution >= 0.6 is 11.3 Å². The average Bonchev–Trinajstić information content (AvgIpc) is 3.27. The van der Waals surface area contributed by atoms with Gasteiger partial charge in [-0.15, -0.1) is 11.3 Å². The summed E-state index contributed by atoms with van der Waals surface area (Å²) in [5.74, 6) is 0.804. The Hall–Kier alpha value is -1.69. The van der Waals surface area contributed by atoms with Crippen molar-refractivity contribution >= 4 is 27.5 Å². The summed E-state index contributed by atoms with van der Waals surface area (Å²) in [5, 5.41) is 0.804. The molecule has 3 heterocycles. The number of amides is 1. The molecule has 5 nitrogen and oxygen atoms in total. The number of carbonyl (C=O) groups excluding carboxylic acids is 1. The fraction of sp³-hybridized carbons (Fsp3) is 0.667. The summed E-state index contributed by atoms with van der Waals surface area (Å²) >= 11 is 1.69. The number of nitrogens with zero attached hydrogens (tertiary/aromatic N) is 3. The molecule has 1 fully saturated rings. The van der Waals surface area contributed by atoms with Crippen molar-refractivity contribution in [3.05, 3.63) is 27.1 Å². The molecular weight excluding hydrogens is 358 g/mol. The number of aryl methyl sites for hydroxylation is 2. The van der Waals surface area contributed by atoms with Crippen molar-refractivity contribution < 1.29 is 4.79 Å². The van der Waals surface area contributed by atoms with E-state index < -0.39 is 0 Å². The highest BCUT2D eigenvalue weighted by Crippen LogP contribution is 2.41. The maximum absolute atomic E-state index is 13.1. The molecule has 1 aliphatic carbocycles. The van der Waals surface area contributed by atoms with Crippen LogP contribution in [0.4, 0.5) is 0 Å². The SMILES string of the molecule is CC(C)(C)C1CCc2c(sc3ncn(CCC(=O)N4CCCC4)c(=O)c23)C1. The largest absolute Gasteiger partial charge is 0.343 e. The Kier molecular flexibility index (Phi) is 4.87. The summed E-state index contributed by atoms with van der Waals surface area (Å²) in [7, 11) is 0. The van der Waals surface area contributed by atoms with Crippen LogP contribution in [-0.2, 0) is 24.2 Å². The minimum atomic E-state index is 0.0286. The van der Waals surface area contributed by atoms with Gasteiger partial charge in [0.2, 0.25) is 5.91 Å². The van der Waals surface area contributed by atoms with E-state index in [9.17, 15) is 9.59 Å². The lowest BCUT2D eigenvalue weighted by molar-refractivity contribution is -0.130. The van der Waals surface area contributed by atoms with Crippen LogP contribution in [0.2, 0.25) is 0 Å². The van der Waals surface area contributed by atoms with Crippen LogP contribution in [0.1, 0.15) is 56.9 Å². The van der Waals surface area contributed by atoms with Crippen molar-refractivity contribution in [3.63, 3.8) is 0 Å². The lowest BCUT2D eigenvalue weighted by Gasteiger charge is -2.33. The monoisotopic (exact) mass is 387 g/mol. The third-order valence-corrected chi connectivity index (χ3v) is 7.45. The third-order valence-electron chi connectivity index (χ3n) is 6.29. The van der Waals surface area contributed by atoms with Gasteiger partial charge in [-0.1, -0.05) is 20.8 Å². The first-order valence-corrected chi connectivity index (χ1v) is 10.9. The molecule has 0 spiro atoms. The number of fused-ring (bicyclic) bond motifs is 3. The molecule has 1 saturated heterocycles. The van der Waals surface area contributed by atoms with Gasteiger partial charge >= 0.3 is 0 Å². The Morgan fingerprint density at radius 1 is 1.30 bits per heavy atom. The molecular formula is C21H29N3O2S. The van der Waals surface area contributed by atoms with Gasteiger partial charge in [-0.25, -0.2) is 4.98 Å². The minimum absolute atomic E-state index is 0.0286. The van der Waals surface area contributed by atoms with E-state index in [-0.39, 0.29) is 16.9 Å². The summed E-state index contributed by atoms with van der Waals surface area (Å²) in [5.41, 5.74) is 1.53. The van der Waals surface area contributed by atoms with Gasteiger partial charge in [-0.3, -0.25) is 14.2 Å². The second-order valence-corrected chi connectivity index (χ2v) is 10.2. The quantitative estimate of drug-likeness (QED) is 0.808.